The van der Waals surface area contributed by atoms with Crippen LogP contribution in [0.3, 0.4) is 0 Å². The molecule has 0 aromatic heterocycles. The van der Waals surface area contributed by atoms with Gasteiger partial charge in [-0.15, -0.1) is 12.4 Å². The first-order valence-electron chi connectivity index (χ1n) is 7.75. The monoisotopic (exact) mass is 297 g/mol. The van der Waals surface area contributed by atoms with Crippen LogP contribution in [0.1, 0.15) is 84.5 Å². The molecule has 0 saturated carbocycles. The molecular formula is C15H36ClNO2. The van der Waals surface area contributed by atoms with Crippen molar-refractivity contribution in [1.29, 1.82) is 0 Å². The maximum absolute atomic E-state index is 7.79. The van der Waals surface area contributed by atoms with Gasteiger partial charge in [-0.2, -0.15) is 0 Å². The standard InChI is InChI=1S/C13H28.C2H7NO2.ClH/c1-3-5-7-9-11-13-12-10-8-6-4-2;3-1-2(4)5;/h3-13H2,1-2H3;2,4-5H,1,3H2;1H. The molecule has 0 amide bonds. The lowest BCUT2D eigenvalue weighted by atomic mass is 10.1. The molecule has 0 aromatic carbocycles. The van der Waals surface area contributed by atoms with Crippen molar-refractivity contribution in [2.75, 3.05) is 6.54 Å². The van der Waals surface area contributed by atoms with E-state index in [-0.39, 0.29) is 19.0 Å². The summed E-state index contributed by atoms with van der Waals surface area (Å²) in [6, 6.07) is 0. The lowest BCUT2D eigenvalue weighted by Crippen LogP contribution is -2.17. The number of hydrogen-bond donors (Lipinski definition) is 3. The van der Waals surface area contributed by atoms with Crippen molar-refractivity contribution in [2.45, 2.75) is 90.8 Å². The molecule has 0 rings (SSSR count). The van der Waals surface area contributed by atoms with E-state index in [1.807, 2.05) is 0 Å². The van der Waals surface area contributed by atoms with Crippen LogP contribution in [0.5, 0.6) is 0 Å². The van der Waals surface area contributed by atoms with Crippen molar-refractivity contribution < 1.29 is 10.2 Å². The van der Waals surface area contributed by atoms with E-state index < -0.39 is 6.29 Å². The Balaban J connectivity index is -0.000000366. The summed E-state index contributed by atoms with van der Waals surface area (Å²) in [5.74, 6) is 0. The number of aliphatic hydroxyl groups excluding tert-OH is 1. The second-order valence-corrected chi connectivity index (χ2v) is 4.90. The van der Waals surface area contributed by atoms with Crippen LogP contribution in [0, 0.1) is 0 Å². The summed E-state index contributed by atoms with van der Waals surface area (Å²) in [6.07, 6.45) is 14.6. The van der Waals surface area contributed by atoms with Crippen molar-refractivity contribution in [3.05, 3.63) is 0 Å². The van der Waals surface area contributed by atoms with Crippen molar-refractivity contribution in [3.8, 4) is 0 Å². The van der Waals surface area contributed by atoms with E-state index >= 15 is 0 Å². The van der Waals surface area contributed by atoms with E-state index in [2.05, 4.69) is 19.6 Å². The molecule has 0 aliphatic heterocycles. The minimum atomic E-state index is -1.34. The van der Waals surface area contributed by atoms with Crippen LogP contribution in [0.15, 0.2) is 0 Å². The fourth-order valence-electron chi connectivity index (χ4n) is 1.74. The average Bonchev–Trinajstić information content (AvgIpc) is 2.37. The van der Waals surface area contributed by atoms with E-state index in [4.69, 9.17) is 10.2 Å². The van der Waals surface area contributed by atoms with Gasteiger partial charge >= 0.3 is 0 Å². The van der Waals surface area contributed by atoms with Gasteiger partial charge in [-0.05, 0) is 0 Å². The van der Waals surface area contributed by atoms with Crippen LogP contribution in [-0.2, 0) is 0 Å². The molecule has 0 aliphatic rings. The Morgan fingerprint density at radius 3 is 1.05 bits per heavy atom. The molecule has 0 radical (unpaired) electrons. The summed E-state index contributed by atoms with van der Waals surface area (Å²) in [5, 5.41) is 15.6. The van der Waals surface area contributed by atoms with Crippen molar-refractivity contribution >= 4 is 12.4 Å². The molecule has 4 N–H and O–H groups in total. The minimum absolute atomic E-state index is 0. The number of halogens is 1. The summed E-state index contributed by atoms with van der Waals surface area (Å²) in [7, 11) is 0. The van der Waals surface area contributed by atoms with Crippen LogP contribution in [-0.4, -0.2) is 23.0 Å². The number of aliphatic hydroxyl groups is 2. The molecule has 0 aliphatic carbocycles. The summed E-state index contributed by atoms with van der Waals surface area (Å²) in [6.45, 7) is 4.48. The Morgan fingerprint density at radius 1 is 0.684 bits per heavy atom. The quantitative estimate of drug-likeness (QED) is 0.399. The van der Waals surface area contributed by atoms with Gasteiger partial charge in [0.25, 0.3) is 0 Å². The fourth-order valence-corrected chi connectivity index (χ4v) is 1.74. The van der Waals surface area contributed by atoms with E-state index in [9.17, 15) is 0 Å². The highest BCUT2D eigenvalue weighted by atomic mass is 35.5. The molecule has 3 nitrogen and oxygen atoms in total. The topological polar surface area (TPSA) is 66.5 Å². The maximum Gasteiger partial charge on any atom is 0.163 e. The first-order valence-corrected chi connectivity index (χ1v) is 7.75. The Morgan fingerprint density at radius 2 is 0.895 bits per heavy atom. The van der Waals surface area contributed by atoms with Gasteiger partial charge in [0.05, 0.1) is 0 Å². The molecule has 4 heteroatoms. The van der Waals surface area contributed by atoms with Crippen LogP contribution in [0.25, 0.3) is 0 Å². The fraction of sp³-hybridized carbons (Fsp3) is 1.00. The molecule has 19 heavy (non-hydrogen) atoms. The Hall–Kier alpha value is 0.170. The lowest BCUT2D eigenvalue weighted by molar-refractivity contribution is -0.0309. The molecule has 0 heterocycles. The highest BCUT2D eigenvalue weighted by Crippen LogP contribution is 2.10. The normalized spacial score (nSPS) is 9.79. The minimum Gasteiger partial charge on any atom is -0.367 e. The van der Waals surface area contributed by atoms with Crippen LogP contribution < -0.4 is 5.73 Å². The lowest BCUT2D eigenvalue weighted by Gasteiger charge is -2.00. The highest BCUT2D eigenvalue weighted by molar-refractivity contribution is 5.85. The third kappa shape index (κ3) is 32.1. The smallest absolute Gasteiger partial charge is 0.163 e. The number of hydrogen-bond acceptors (Lipinski definition) is 3. The van der Waals surface area contributed by atoms with E-state index in [1.165, 1.54) is 70.6 Å². The van der Waals surface area contributed by atoms with Crippen molar-refractivity contribution in [1.82, 2.24) is 0 Å². The summed E-state index contributed by atoms with van der Waals surface area (Å²) in [5.41, 5.74) is 4.67. The predicted molar refractivity (Wildman–Crippen MR) is 86.7 cm³/mol. The highest BCUT2D eigenvalue weighted by Gasteiger charge is 1.91. The molecule has 0 bridgehead atoms. The molecule has 0 atom stereocenters. The molecule has 0 fully saturated rings. The number of nitrogens with two attached hydrogens (primary N) is 1. The zero-order chi connectivity index (χ0) is 14.1. The van der Waals surface area contributed by atoms with E-state index in [1.54, 1.807) is 0 Å². The van der Waals surface area contributed by atoms with Gasteiger partial charge in [0.2, 0.25) is 0 Å². The van der Waals surface area contributed by atoms with Crippen LogP contribution >= 0.6 is 12.4 Å². The Labute approximate surface area is 126 Å². The predicted octanol–water partition coefficient (Wildman–Crippen LogP) is 3.99. The maximum atomic E-state index is 7.79. The zero-order valence-corrected chi connectivity index (χ0v) is 13.8. The van der Waals surface area contributed by atoms with Crippen molar-refractivity contribution in [2.24, 2.45) is 5.73 Å². The Bertz CT molecular complexity index is 125. The first-order chi connectivity index (χ1) is 8.68. The summed E-state index contributed by atoms with van der Waals surface area (Å²) in [4.78, 5) is 0. The zero-order valence-electron chi connectivity index (χ0n) is 12.9. The molecule has 0 saturated heterocycles. The molecule has 0 spiro atoms. The molecule has 0 aromatic rings. The van der Waals surface area contributed by atoms with Gasteiger partial charge in [-0.25, -0.2) is 0 Å². The third-order valence-corrected chi connectivity index (χ3v) is 2.92. The second kappa shape index (κ2) is 23.3. The first kappa shape index (κ1) is 24.2. The largest absolute Gasteiger partial charge is 0.367 e. The summed E-state index contributed by atoms with van der Waals surface area (Å²) >= 11 is 0. The SMILES string of the molecule is CCCCCCCCCCCCC.Cl.NCC(O)O. The molecule has 120 valence electrons. The van der Waals surface area contributed by atoms with Crippen LogP contribution in [0.2, 0.25) is 0 Å². The second-order valence-electron chi connectivity index (χ2n) is 4.90. The number of unbranched alkanes of at least 4 members (excludes halogenated alkanes) is 10. The number of rotatable bonds is 11. The van der Waals surface area contributed by atoms with Gasteiger partial charge in [0, 0.05) is 6.54 Å². The van der Waals surface area contributed by atoms with Gasteiger partial charge in [-0.3, -0.25) is 0 Å². The van der Waals surface area contributed by atoms with Crippen LogP contribution in [0.4, 0.5) is 0 Å². The third-order valence-electron chi connectivity index (χ3n) is 2.92. The Kier molecular flexibility index (Phi) is 29.7. The van der Waals surface area contributed by atoms with Gasteiger partial charge in [-0.1, -0.05) is 84.5 Å². The van der Waals surface area contributed by atoms with E-state index in [0.717, 1.165) is 0 Å². The van der Waals surface area contributed by atoms with Gasteiger partial charge in [0.15, 0.2) is 6.29 Å². The summed E-state index contributed by atoms with van der Waals surface area (Å²) < 4.78 is 0. The molecule has 0 unspecified atom stereocenters. The molecular weight excluding hydrogens is 262 g/mol. The van der Waals surface area contributed by atoms with E-state index in [0.29, 0.717) is 0 Å². The van der Waals surface area contributed by atoms with Gasteiger partial charge in [0.1, 0.15) is 0 Å². The average molecular weight is 298 g/mol. The van der Waals surface area contributed by atoms with Crippen molar-refractivity contribution in [3.63, 3.8) is 0 Å². The van der Waals surface area contributed by atoms with Gasteiger partial charge < -0.3 is 15.9 Å².